The van der Waals surface area contributed by atoms with Crippen LogP contribution in [0.2, 0.25) is 5.02 Å². The molecule has 3 aliphatic rings. The summed E-state index contributed by atoms with van der Waals surface area (Å²) in [6.07, 6.45) is -3.20. The normalized spacial score (nSPS) is 21.9. The average molecular weight is 639 g/mol. The van der Waals surface area contributed by atoms with Gasteiger partial charge in [0, 0.05) is 18.2 Å². The van der Waals surface area contributed by atoms with Crippen LogP contribution in [0.5, 0.6) is 5.75 Å². The van der Waals surface area contributed by atoms with E-state index in [1.807, 2.05) is 6.07 Å². The number of sulfone groups is 1. The number of rotatable bonds is 9. The van der Waals surface area contributed by atoms with Gasteiger partial charge in [-0.25, -0.2) is 8.42 Å². The Kier molecular flexibility index (Phi) is 7.63. The third-order valence-electron chi connectivity index (χ3n) is 8.09. The highest BCUT2D eigenvalue weighted by Gasteiger charge is 2.58. The first-order valence-electron chi connectivity index (χ1n) is 13.3. The summed E-state index contributed by atoms with van der Waals surface area (Å²) in [5, 5.41) is 10.5. The van der Waals surface area contributed by atoms with Crippen LogP contribution in [0, 0.1) is 11.3 Å². The number of likely N-dealkylation sites (tertiary alicyclic amines) is 1. The van der Waals surface area contributed by atoms with E-state index in [1.54, 1.807) is 12.1 Å². The van der Waals surface area contributed by atoms with Gasteiger partial charge >= 0.3 is 6.18 Å². The van der Waals surface area contributed by atoms with Crippen LogP contribution in [0.3, 0.4) is 0 Å². The van der Waals surface area contributed by atoms with Gasteiger partial charge < -0.3 is 20.7 Å². The zero-order valence-corrected chi connectivity index (χ0v) is 24.1. The fourth-order valence-electron chi connectivity index (χ4n) is 5.33. The van der Waals surface area contributed by atoms with Crippen molar-refractivity contribution in [2.75, 3.05) is 13.2 Å². The van der Waals surface area contributed by atoms with Gasteiger partial charge in [0.25, 0.3) is 0 Å². The molecule has 1 heterocycles. The Labute approximate surface area is 249 Å². The molecular formula is C28H26ClF3N4O6S. The van der Waals surface area contributed by atoms with E-state index in [4.69, 9.17) is 17.3 Å². The second kappa shape index (κ2) is 10.7. The molecule has 1 unspecified atom stereocenters. The average Bonchev–Trinajstić information content (AvgIpc) is 3.87. The smallest absolute Gasteiger partial charge is 0.422 e. The van der Waals surface area contributed by atoms with E-state index in [2.05, 4.69) is 10.1 Å². The fraction of sp³-hybridized carbons (Fsp3) is 0.429. The lowest BCUT2D eigenvalue weighted by molar-refractivity contribution is -0.153. The first-order valence-corrected chi connectivity index (χ1v) is 15.2. The van der Waals surface area contributed by atoms with Crippen molar-refractivity contribution in [3.8, 4) is 11.8 Å². The molecule has 3 N–H and O–H groups in total. The third kappa shape index (κ3) is 6.01. The number of carbonyl (C=O) groups is 3. The highest BCUT2D eigenvalue weighted by atomic mass is 35.5. The van der Waals surface area contributed by atoms with E-state index in [0.29, 0.717) is 31.2 Å². The number of ether oxygens (including phenoxy) is 1. The first kappa shape index (κ1) is 30.6. The van der Waals surface area contributed by atoms with Crippen LogP contribution < -0.4 is 15.8 Å². The summed E-state index contributed by atoms with van der Waals surface area (Å²) in [6.45, 7) is -1.95. The number of nitriles is 1. The Bertz CT molecular complexity index is 1630. The number of nitrogens with two attached hydrogens (primary N) is 1. The summed E-state index contributed by atoms with van der Waals surface area (Å²) >= 11 is 6.18. The van der Waals surface area contributed by atoms with Crippen LogP contribution in [-0.4, -0.2) is 67.2 Å². The topological polar surface area (TPSA) is 160 Å². The van der Waals surface area contributed by atoms with Crippen LogP contribution >= 0.6 is 11.6 Å². The molecule has 2 aliphatic carbocycles. The molecule has 3 fully saturated rings. The SMILES string of the molecule is N#CC1(NC(=O)[C@@H]2CC(S(=O)(=O)c3ccc(OCC(F)(F)F)cc3Cl)CN2C(=O)C2(c3ccc(C(N)=O)cc3)CC2)CC1. The summed E-state index contributed by atoms with van der Waals surface area (Å²) in [5.41, 5.74) is 4.05. The molecule has 1 aliphatic heterocycles. The quantitative estimate of drug-likeness (QED) is 0.427. The number of primary amides is 1. The summed E-state index contributed by atoms with van der Waals surface area (Å²) in [4.78, 5) is 39.8. The van der Waals surface area contributed by atoms with Crippen LogP contribution in [0.4, 0.5) is 13.2 Å². The molecule has 10 nitrogen and oxygen atoms in total. The van der Waals surface area contributed by atoms with Crippen LogP contribution in [-0.2, 0) is 24.8 Å². The largest absolute Gasteiger partial charge is 0.484 e. The lowest BCUT2D eigenvalue weighted by Crippen LogP contribution is -2.51. The summed E-state index contributed by atoms with van der Waals surface area (Å²) in [5.74, 6) is -2.06. The Morgan fingerprint density at radius 3 is 2.28 bits per heavy atom. The molecule has 2 aromatic rings. The Morgan fingerprint density at radius 2 is 1.77 bits per heavy atom. The number of halogens is 4. The maximum Gasteiger partial charge on any atom is 0.422 e. The minimum Gasteiger partial charge on any atom is -0.484 e. The summed E-state index contributed by atoms with van der Waals surface area (Å²) in [6, 6.07) is 10.0. The lowest BCUT2D eigenvalue weighted by atomic mass is 9.93. The van der Waals surface area contributed by atoms with Crippen molar-refractivity contribution in [1.29, 1.82) is 5.26 Å². The predicted octanol–water partition coefficient (Wildman–Crippen LogP) is 3.03. The number of hydrogen-bond donors (Lipinski definition) is 2. The third-order valence-corrected chi connectivity index (χ3v) is 10.7. The standard InChI is InChI=1S/C28H26ClF3N4O6S/c29-20-11-18(42-15-28(30,31)32)5-6-22(20)43(40,41)19-12-21(24(38)35-26(14-33)7-8-26)36(13-19)25(39)27(9-10-27)17-3-1-16(2-4-17)23(34)37/h1-6,11,19,21H,7-10,12-13,15H2,(H2,34,37)(H,35,38)/t19?,21-/m0/s1. The minimum atomic E-state index is -4.61. The number of alkyl halides is 3. The maximum atomic E-state index is 14.0. The van der Waals surface area contributed by atoms with Gasteiger partial charge in [0.2, 0.25) is 17.7 Å². The number of hydrogen-bond acceptors (Lipinski definition) is 7. The molecule has 2 aromatic carbocycles. The zero-order valence-electron chi connectivity index (χ0n) is 22.5. The molecule has 2 saturated carbocycles. The van der Waals surface area contributed by atoms with E-state index >= 15 is 0 Å². The number of nitrogens with zero attached hydrogens (tertiary/aromatic N) is 2. The zero-order chi connectivity index (χ0) is 31.4. The Balaban J connectivity index is 1.43. The number of benzene rings is 2. The van der Waals surface area contributed by atoms with Crippen molar-refractivity contribution >= 4 is 39.2 Å². The molecular weight excluding hydrogens is 613 g/mol. The fourth-order valence-corrected chi connectivity index (χ4v) is 7.56. The van der Waals surface area contributed by atoms with Crippen molar-refractivity contribution < 1.29 is 40.7 Å². The van der Waals surface area contributed by atoms with Gasteiger partial charge in [-0.05, 0) is 61.9 Å². The first-order chi connectivity index (χ1) is 20.1. The number of amides is 3. The van der Waals surface area contributed by atoms with Crippen LogP contribution in [0.1, 0.15) is 48.0 Å². The molecule has 1 saturated heterocycles. The van der Waals surface area contributed by atoms with Gasteiger partial charge in [0.1, 0.15) is 17.3 Å². The van der Waals surface area contributed by atoms with E-state index in [1.165, 1.54) is 17.0 Å². The van der Waals surface area contributed by atoms with Gasteiger partial charge in [-0.2, -0.15) is 18.4 Å². The van der Waals surface area contributed by atoms with Crippen molar-refractivity contribution in [2.24, 2.45) is 5.73 Å². The van der Waals surface area contributed by atoms with E-state index in [-0.39, 0.29) is 34.2 Å². The van der Waals surface area contributed by atoms with Gasteiger partial charge in [-0.1, -0.05) is 23.7 Å². The molecule has 43 heavy (non-hydrogen) atoms. The highest BCUT2D eigenvalue weighted by molar-refractivity contribution is 7.92. The molecule has 0 bridgehead atoms. The van der Waals surface area contributed by atoms with Crippen molar-refractivity contribution in [2.45, 2.75) is 65.4 Å². The number of carbonyl (C=O) groups excluding carboxylic acids is 3. The van der Waals surface area contributed by atoms with E-state index in [9.17, 15) is 41.2 Å². The summed E-state index contributed by atoms with van der Waals surface area (Å²) < 4.78 is 69.7. The van der Waals surface area contributed by atoms with Crippen LogP contribution in [0.15, 0.2) is 47.4 Å². The van der Waals surface area contributed by atoms with E-state index in [0.717, 1.165) is 18.2 Å². The highest BCUT2D eigenvalue weighted by Crippen LogP contribution is 2.51. The predicted molar refractivity (Wildman–Crippen MR) is 146 cm³/mol. The molecule has 0 radical (unpaired) electrons. The maximum absolute atomic E-state index is 14.0. The second-order valence-electron chi connectivity index (χ2n) is 11.1. The lowest BCUT2D eigenvalue weighted by Gasteiger charge is -2.29. The van der Waals surface area contributed by atoms with Crippen molar-refractivity contribution in [1.82, 2.24) is 10.2 Å². The number of nitrogens with one attached hydrogen (secondary N) is 1. The van der Waals surface area contributed by atoms with Gasteiger partial charge in [0.05, 0.1) is 26.7 Å². The molecule has 15 heteroatoms. The van der Waals surface area contributed by atoms with E-state index < -0.39 is 62.6 Å². The van der Waals surface area contributed by atoms with Crippen molar-refractivity contribution in [3.63, 3.8) is 0 Å². The minimum absolute atomic E-state index is 0.245. The van der Waals surface area contributed by atoms with Gasteiger partial charge in [-0.3, -0.25) is 14.4 Å². The molecule has 228 valence electrons. The van der Waals surface area contributed by atoms with Crippen LogP contribution in [0.25, 0.3) is 0 Å². The molecule has 2 atom stereocenters. The molecule has 5 rings (SSSR count). The second-order valence-corrected chi connectivity index (χ2v) is 13.7. The van der Waals surface area contributed by atoms with Gasteiger partial charge in [0.15, 0.2) is 16.4 Å². The monoisotopic (exact) mass is 638 g/mol. The molecule has 3 amide bonds. The molecule has 0 aromatic heterocycles. The molecule has 0 spiro atoms. The Morgan fingerprint density at radius 1 is 1.12 bits per heavy atom. The van der Waals surface area contributed by atoms with Crippen molar-refractivity contribution in [3.05, 3.63) is 58.6 Å². The Hall–Kier alpha value is -3.83. The summed E-state index contributed by atoms with van der Waals surface area (Å²) in [7, 11) is -4.30. The van der Waals surface area contributed by atoms with Gasteiger partial charge in [-0.15, -0.1) is 0 Å².